The molecule has 0 saturated carbocycles. The molecule has 4 N–H and O–H groups in total. The monoisotopic (exact) mass is 924 g/mol. The van der Waals surface area contributed by atoms with E-state index in [2.05, 4.69) is 36.4 Å². The molecule has 0 spiro atoms. The van der Waals surface area contributed by atoms with Crippen LogP contribution in [0.2, 0.25) is 0 Å². The van der Waals surface area contributed by atoms with Crippen LogP contribution >= 0.6 is 0 Å². The molecule has 2 aromatic carbocycles. The summed E-state index contributed by atoms with van der Waals surface area (Å²) in [5, 5.41) is 28.7. The van der Waals surface area contributed by atoms with Gasteiger partial charge in [-0.05, 0) is 131 Å². The minimum atomic E-state index is -1.71. The van der Waals surface area contributed by atoms with E-state index in [0.29, 0.717) is 34.6 Å². The summed E-state index contributed by atoms with van der Waals surface area (Å²) < 4.78 is 10.9. The van der Waals surface area contributed by atoms with Gasteiger partial charge in [-0.3, -0.25) is 38.9 Å². The zero-order valence-electron chi connectivity index (χ0n) is 40.8. The van der Waals surface area contributed by atoms with Crippen molar-refractivity contribution in [3.05, 3.63) is 168 Å². The largest absolute Gasteiger partial charge is 0.466 e. The minimum Gasteiger partial charge on any atom is -0.466 e. The van der Waals surface area contributed by atoms with Gasteiger partial charge in [0, 0.05) is 57.9 Å². The van der Waals surface area contributed by atoms with Crippen molar-refractivity contribution < 1.29 is 38.2 Å². The van der Waals surface area contributed by atoms with Crippen molar-refractivity contribution in [1.29, 1.82) is 0 Å². The summed E-state index contributed by atoms with van der Waals surface area (Å²) in [6, 6.07) is 25.3. The first kappa shape index (κ1) is 50.5. The van der Waals surface area contributed by atoms with Gasteiger partial charge in [0.15, 0.2) is 12.2 Å². The Kier molecular flexibility index (Phi) is 15.0. The van der Waals surface area contributed by atoms with E-state index in [0.717, 1.165) is 11.1 Å². The molecule has 6 aromatic rings. The van der Waals surface area contributed by atoms with Gasteiger partial charge in [0.05, 0.1) is 12.5 Å². The molecule has 14 heteroatoms. The van der Waals surface area contributed by atoms with Gasteiger partial charge in [-0.25, -0.2) is 0 Å². The molecule has 0 aliphatic carbocycles. The van der Waals surface area contributed by atoms with E-state index >= 15 is 0 Å². The van der Waals surface area contributed by atoms with E-state index in [-0.39, 0.29) is 16.9 Å². The number of hydrogen-bond donors (Lipinski definition) is 4. The summed E-state index contributed by atoms with van der Waals surface area (Å²) in [5.74, 6) is -2.42. The van der Waals surface area contributed by atoms with Gasteiger partial charge >= 0.3 is 0 Å². The molecule has 68 heavy (non-hydrogen) atoms. The summed E-state index contributed by atoms with van der Waals surface area (Å²) >= 11 is 0. The number of aliphatic hydroxyl groups is 2. The quantitative estimate of drug-likeness (QED) is 0.0774. The fourth-order valence-corrected chi connectivity index (χ4v) is 7.91. The van der Waals surface area contributed by atoms with Crippen molar-refractivity contribution in [3.8, 4) is 0 Å². The maximum atomic E-state index is 14.5. The Hall–Kier alpha value is -6.90. The van der Waals surface area contributed by atoms with Crippen LogP contribution in [-0.4, -0.2) is 54.9 Å². The number of benzene rings is 2. The Balaban J connectivity index is 1.35. The number of anilines is 2. The van der Waals surface area contributed by atoms with Crippen LogP contribution in [0.15, 0.2) is 137 Å². The number of carbonyl (C=O) groups excluding carboxylic acids is 4. The molecule has 6 rings (SSSR count). The van der Waals surface area contributed by atoms with Crippen LogP contribution in [0.25, 0.3) is 0 Å². The van der Waals surface area contributed by atoms with E-state index in [4.69, 9.17) is 13.8 Å². The summed E-state index contributed by atoms with van der Waals surface area (Å²) in [6.07, 6.45) is 4.43. The Morgan fingerprint density at radius 2 is 1.03 bits per heavy atom. The fraction of sp³-hybridized carbons (Fsp3) is 0.370. The highest BCUT2D eigenvalue weighted by molar-refractivity contribution is 6.04. The van der Waals surface area contributed by atoms with Gasteiger partial charge in [0.2, 0.25) is 11.8 Å². The Morgan fingerprint density at radius 1 is 0.574 bits per heavy atom. The standard InChI is InChI=1S/C54H64N6O8/c1-51(2,3)36-19-24-39(25-20-36)60(50(66)46(62)42-17-14-30-68-42)44(48(64)58-53(7,8)9)35-18-23-38(56-33-35)31-54(10,11)37-21-26-40(27-22-37)59(49(65)45(61)41-16-13-29-67-41)43(34-15-12-28-55-32-34)47(63)57-52(4,5)6/h12-30,32-33,43-46,61-62H,31H2,1-11H3,(H,57,63)(H,58,64). The van der Waals surface area contributed by atoms with Crippen LogP contribution in [0.1, 0.15) is 140 Å². The molecule has 4 unspecified atom stereocenters. The Morgan fingerprint density at radius 3 is 1.40 bits per heavy atom. The van der Waals surface area contributed by atoms with Crippen LogP contribution < -0.4 is 20.4 Å². The molecule has 4 heterocycles. The third-order valence-corrected chi connectivity index (χ3v) is 11.3. The van der Waals surface area contributed by atoms with E-state index in [9.17, 15) is 29.4 Å². The topological polar surface area (TPSA) is 191 Å². The highest BCUT2D eigenvalue weighted by Gasteiger charge is 2.40. The van der Waals surface area contributed by atoms with Crippen molar-refractivity contribution in [2.75, 3.05) is 9.80 Å². The lowest BCUT2D eigenvalue weighted by Gasteiger charge is -2.35. The summed E-state index contributed by atoms with van der Waals surface area (Å²) in [5.41, 5.74) is 2.14. The molecule has 4 aromatic heterocycles. The second-order valence-electron chi connectivity index (χ2n) is 20.8. The van der Waals surface area contributed by atoms with Gasteiger partial charge < -0.3 is 29.7 Å². The number of hydrogen-bond acceptors (Lipinski definition) is 10. The van der Waals surface area contributed by atoms with Gasteiger partial charge in [-0.1, -0.05) is 71.0 Å². The maximum absolute atomic E-state index is 14.5. The third kappa shape index (κ3) is 12.2. The summed E-state index contributed by atoms with van der Waals surface area (Å²) in [4.78, 5) is 69.1. The lowest BCUT2D eigenvalue weighted by atomic mass is 9.80. The van der Waals surface area contributed by atoms with Crippen LogP contribution in [0.3, 0.4) is 0 Å². The molecule has 0 bridgehead atoms. The zero-order valence-corrected chi connectivity index (χ0v) is 40.8. The van der Waals surface area contributed by atoms with Crippen LogP contribution in [0.5, 0.6) is 0 Å². The molecule has 0 saturated heterocycles. The number of amides is 4. The number of pyridine rings is 2. The number of carbonyl (C=O) groups is 4. The van der Waals surface area contributed by atoms with Crippen LogP contribution in [0, 0.1) is 0 Å². The van der Waals surface area contributed by atoms with Gasteiger partial charge in [-0.2, -0.15) is 0 Å². The highest BCUT2D eigenvalue weighted by atomic mass is 16.4. The average molecular weight is 925 g/mol. The molecule has 0 aliphatic rings. The number of nitrogens with one attached hydrogen (secondary N) is 2. The SMILES string of the molecule is CC(C)(C)NC(=O)C(c1cccnc1)N(C(=O)C(O)c1ccco1)c1ccc(C(C)(C)Cc2ccc(C(C(=O)NC(C)(C)C)N(C(=O)C(O)c3ccco3)c3ccc(C(C)(C)C)cc3)cn2)cc1. The minimum absolute atomic E-state index is 0.0270. The molecular weight excluding hydrogens is 861 g/mol. The van der Waals surface area contributed by atoms with Crippen molar-refractivity contribution in [2.45, 2.75) is 129 Å². The first-order chi connectivity index (χ1) is 31.8. The number of aliphatic hydroxyl groups excluding tert-OH is 2. The van der Waals surface area contributed by atoms with Gasteiger partial charge in [0.25, 0.3) is 11.8 Å². The second-order valence-corrected chi connectivity index (χ2v) is 20.8. The molecule has 4 atom stereocenters. The number of rotatable bonds is 15. The lowest BCUT2D eigenvalue weighted by molar-refractivity contribution is -0.132. The molecule has 0 fully saturated rings. The van der Waals surface area contributed by atoms with Gasteiger partial charge in [0.1, 0.15) is 23.6 Å². The first-order valence-corrected chi connectivity index (χ1v) is 22.6. The lowest BCUT2D eigenvalue weighted by Crippen LogP contribution is -2.50. The smallest absolute Gasteiger partial charge is 0.264 e. The molecule has 4 amide bonds. The second kappa shape index (κ2) is 20.1. The predicted molar refractivity (Wildman–Crippen MR) is 260 cm³/mol. The van der Waals surface area contributed by atoms with Crippen molar-refractivity contribution in [3.63, 3.8) is 0 Å². The number of aromatic nitrogens is 2. The maximum Gasteiger partial charge on any atom is 0.264 e. The summed E-state index contributed by atoms with van der Waals surface area (Å²) in [6.45, 7) is 21.4. The van der Waals surface area contributed by atoms with E-state index in [1.165, 1.54) is 40.7 Å². The third-order valence-electron chi connectivity index (χ3n) is 11.3. The Labute approximate surface area is 398 Å². The molecule has 14 nitrogen and oxygen atoms in total. The van der Waals surface area contributed by atoms with E-state index < -0.39 is 64.4 Å². The van der Waals surface area contributed by atoms with Crippen molar-refractivity contribution >= 4 is 35.0 Å². The van der Waals surface area contributed by atoms with Crippen molar-refractivity contribution in [1.82, 2.24) is 20.6 Å². The zero-order chi connectivity index (χ0) is 49.8. The first-order valence-electron chi connectivity index (χ1n) is 22.6. The van der Waals surface area contributed by atoms with Crippen LogP contribution in [0.4, 0.5) is 11.4 Å². The number of furan rings is 2. The highest BCUT2D eigenvalue weighted by Crippen LogP contribution is 2.37. The number of nitrogens with zero attached hydrogens (tertiary/aromatic N) is 4. The molecule has 0 radical (unpaired) electrons. The molecule has 358 valence electrons. The van der Waals surface area contributed by atoms with Gasteiger partial charge in [-0.15, -0.1) is 0 Å². The van der Waals surface area contributed by atoms with E-state index in [1.54, 1.807) is 67.0 Å². The van der Waals surface area contributed by atoms with Crippen molar-refractivity contribution in [2.24, 2.45) is 0 Å². The van der Waals surface area contributed by atoms with E-state index in [1.807, 2.05) is 85.7 Å². The molecular formula is C54H64N6O8. The normalized spacial score (nSPS) is 14.0. The summed E-state index contributed by atoms with van der Waals surface area (Å²) in [7, 11) is 0. The Bertz CT molecular complexity index is 2630. The molecule has 0 aliphatic heterocycles. The average Bonchev–Trinajstić information content (AvgIpc) is 4.02. The predicted octanol–water partition coefficient (Wildman–Crippen LogP) is 8.93. The van der Waals surface area contributed by atoms with Crippen LogP contribution in [-0.2, 0) is 36.4 Å². The fourth-order valence-electron chi connectivity index (χ4n) is 7.91.